The van der Waals surface area contributed by atoms with Gasteiger partial charge in [-0.3, -0.25) is 4.79 Å². The maximum Gasteiger partial charge on any atom is 0.239 e. The second kappa shape index (κ2) is 5.38. The average Bonchev–Trinajstić information content (AvgIpc) is 2.90. The molecule has 0 aromatic carbocycles. The molecule has 0 aromatic heterocycles. The lowest BCUT2D eigenvalue weighted by molar-refractivity contribution is -0.132. The highest BCUT2D eigenvalue weighted by Gasteiger charge is 2.40. The van der Waals surface area contributed by atoms with Crippen LogP contribution in [0.2, 0.25) is 0 Å². The van der Waals surface area contributed by atoms with Crippen molar-refractivity contribution < 1.29 is 4.79 Å². The van der Waals surface area contributed by atoms with Crippen LogP contribution in [0, 0.1) is 17.8 Å². The minimum Gasteiger partial charge on any atom is -0.344 e. The molecule has 2 rings (SSSR count). The van der Waals surface area contributed by atoms with E-state index in [1.54, 1.807) is 0 Å². The summed E-state index contributed by atoms with van der Waals surface area (Å²) in [5.41, 5.74) is 5.89. The highest BCUT2D eigenvalue weighted by Crippen LogP contribution is 2.48. The maximum absolute atomic E-state index is 12.0. The number of carbonyl (C=O) groups is 1. The summed E-state index contributed by atoms with van der Waals surface area (Å²) >= 11 is 0. The van der Waals surface area contributed by atoms with Gasteiger partial charge in [-0.15, -0.1) is 0 Å². The lowest BCUT2D eigenvalue weighted by Gasteiger charge is -2.28. The molecule has 2 bridgehead atoms. The highest BCUT2D eigenvalue weighted by molar-refractivity contribution is 5.81. The second-order valence-corrected chi connectivity index (χ2v) is 6.05. The van der Waals surface area contributed by atoms with Crippen LogP contribution in [0.15, 0.2) is 0 Å². The van der Waals surface area contributed by atoms with Crippen molar-refractivity contribution in [3.8, 4) is 0 Å². The minimum atomic E-state index is -0.288. The minimum absolute atomic E-state index is 0.134. The molecule has 98 valence electrons. The predicted molar refractivity (Wildman–Crippen MR) is 69.5 cm³/mol. The molecule has 2 aliphatic carbocycles. The number of carbonyl (C=O) groups excluding carboxylic acids is 1. The fourth-order valence-electron chi connectivity index (χ4n) is 3.76. The van der Waals surface area contributed by atoms with Crippen LogP contribution in [0.3, 0.4) is 0 Å². The second-order valence-electron chi connectivity index (χ2n) is 6.05. The van der Waals surface area contributed by atoms with Crippen molar-refractivity contribution in [2.24, 2.45) is 23.5 Å². The Bertz CT molecular complexity index is 279. The van der Waals surface area contributed by atoms with Gasteiger partial charge in [0.25, 0.3) is 0 Å². The molecule has 0 radical (unpaired) electrons. The van der Waals surface area contributed by atoms with Crippen LogP contribution in [-0.4, -0.2) is 30.4 Å². The number of rotatable bonds is 5. The van der Waals surface area contributed by atoms with Crippen molar-refractivity contribution in [3.05, 3.63) is 0 Å². The molecule has 2 fully saturated rings. The Labute approximate surface area is 105 Å². The Hall–Kier alpha value is -0.570. The first kappa shape index (κ1) is 12.9. The van der Waals surface area contributed by atoms with Crippen LogP contribution in [0.1, 0.15) is 45.4 Å². The quantitative estimate of drug-likeness (QED) is 0.796. The number of hydrogen-bond acceptors (Lipinski definition) is 2. The van der Waals surface area contributed by atoms with Crippen LogP contribution in [0.25, 0.3) is 0 Å². The van der Waals surface area contributed by atoms with Gasteiger partial charge >= 0.3 is 0 Å². The first-order valence-corrected chi connectivity index (χ1v) is 7.12. The molecule has 0 aliphatic heterocycles. The van der Waals surface area contributed by atoms with Gasteiger partial charge in [-0.05, 0) is 43.4 Å². The fourth-order valence-corrected chi connectivity index (χ4v) is 3.76. The van der Waals surface area contributed by atoms with Crippen molar-refractivity contribution in [3.63, 3.8) is 0 Å². The first-order chi connectivity index (χ1) is 8.11. The van der Waals surface area contributed by atoms with E-state index >= 15 is 0 Å². The molecule has 1 amide bonds. The van der Waals surface area contributed by atoms with Gasteiger partial charge < -0.3 is 10.6 Å². The number of nitrogens with zero attached hydrogens (tertiary/aromatic N) is 1. The first-order valence-electron chi connectivity index (χ1n) is 7.12. The van der Waals surface area contributed by atoms with Gasteiger partial charge in [0.05, 0.1) is 6.04 Å². The number of amides is 1. The molecular formula is C14H26N2O. The average molecular weight is 238 g/mol. The van der Waals surface area contributed by atoms with E-state index in [1.807, 2.05) is 11.9 Å². The predicted octanol–water partition coefficient (Wildman–Crippen LogP) is 2.01. The summed E-state index contributed by atoms with van der Waals surface area (Å²) in [6.45, 7) is 3.00. The van der Waals surface area contributed by atoms with Crippen molar-refractivity contribution in [1.29, 1.82) is 0 Å². The van der Waals surface area contributed by atoms with Gasteiger partial charge in [0.1, 0.15) is 0 Å². The smallest absolute Gasteiger partial charge is 0.239 e. The van der Waals surface area contributed by atoms with E-state index in [2.05, 4.69) is 6.92 Å². The van der Waals surface area contributed by atoms with E-state index in [1.165, 1.54) is 25.7 Å². The Morgan fingerprint density at radius 3 is 2.71 bits per heavy atom. The number of hydrogen-bond donors (Lipinski definition) is 1. The molecule has 0 saturated heterocycles. The summed E-state index contributed by atoms with van der Waals surface area (Å²) in [6.07, 6.45) is 7.35. The number of fused-ring (bicyclic) bond motifs is 2. The van der Waals surface area contributed by atoms with Gasteiger partial charge in [-0.2, -0.15) is 0 Å². The molecule has 2 saturated carbocycles. The molecule has 4 atom stereocenters. The number of nitrogens with two attached hydrogens (primary N) is 1. The van der Waals surface area contributed by atoms with Crippen molar-refractivity contribution in [2.75, 3.05) is 13.6 Å². The molecule has 0 spiro atoms. The molecule has 3 nitrogen and oxygen atoms in total. The largest absolute Gasteiger partial charge is 0.344 e. The van der Waals surface area contributed by atoms with Crippen molar-refractivity contribution in [1.82, 2.24) is 4.90 Å². The summed E-state index contributed by atoms with van der Waals surface area (Å²) in [5, 5.41) is 0. The van der Waals surface area contributed by atoms with E-state index in [9.17, 15) is 4.79 Å². The summed E-state index contributed by atoms with van der Waals surface area (Å²) < 4.78 is 0. The Morgan fingerprint density at radius 2 is 2.18 bits per heavy atom. The van der Waals surface area contributed by atoms with E-state index in [4.69, 9.17) is 5.73 Å². The van der Waals surface area contributed by atoms with Crippen LogP contribution >= 0.6 is 0 Å². The molecule has 17 heavy (non-hydrogen) atoms. The summed E-state index contributed by atoms with van der Waals surface area (Å²) in [4.78, 5) is 13.9. The van der Waals surface area contributed by atoms with Gasteiger partial charge in [0, 0.05) is 13.6 Å². The van der Waals surface area contributed by atoms with E-state index in [0.29, 0.717) is 0 Å². The zero-order chi connectivity index (χ0) is 12.4. The van der Waals surface area contributed by atoms with E-state index in [-0.39, 0.29) is 11.9 Å². The zero-order valence-electron chi connectivity index (χ0n) is 11.2. The van der Waals surface area contributed by atoms with Crippen LogP contribution in [0.5, 0.6) is 0 Å². The highest BCUT2D eigenvalue weighted by atomic mass is 16.2. The monoisotopic (exact) mass is 238 g/mol. The number of likely N-dealkylation sites (N-methyl/N-ethyl adjacent to an activating group) is 1. The molecule has 3 unspecified atom stereocenters. The standard InChI is InChI=1S/C14H26N2O/c1-3-4-13(15)14(17)16(2)9-12-8-10-5-6-11(12)7-10/h10-13H,3-9,15H2,1-2H3/t10?,11?,12?,13-/m1/s1. The van der Waals surface area contributed by atoms with Gasteiger partial charge in [0.2, 0.25) is 5.91 Å². The fraction of sp³-hybridized carbons (Fsp3) is 0.929. The SMILES string of the molecule is CCC[C@@H](N)C(=O)N(C)CC1CC2CCC1C2. The van der Waals surface area contributed by atoms with E-state index < -0.39 is 0 Å². The molecule has 0 aromatic rings. The van der Waals surface area contributed by atoms with Crippen molar-refractivity contribution >= 4 is 5.91 Å². The molecule has 0 heterocycles. The maximum atomic E-state index is 12.0. The van der Waals surface area contributed by atoms with Crippen LogP contribution < -0.4 is 5.73 Å². The molecule has 2 aliphatic rings. The Balaban J connectivity index is 1.80. The lowest BCUT2D eigenvalue weighted by Crippen LogP contribution is -2.44. The Morgan fingerprint density at radius 1 is 1.41 bits per heavy atom. The summed E-state index contributed by atoms with van der Waals surface area (Å²) in [5.74, 6) is 2.72. The lowest BCUT2D eigenvalue weighted by atomic mass is 9.88. The third-order valence-electron chi connectivity index (χ3n) is 4.69. The Kier molecular flexibility index (Phi) is 4.08. The third-order valence-corrected chi connectivity index (χ3v) is 4.69. The van der Waals surface area contributed by atoms with E-state index in [0.717, 1.165) is 37.1 Å². The molecule has 2 N–H and O–H groups in total. The van der Waals surface area contributed by atoms with Crippen LogP contribution in [-0.2, 0) is 4.79 Å². The summed E-state index contributed by atoms with van der Waals surface area (Å²) in [6, 6.07) is -0.288. The third kappa shape index (κ3) is 2.82. The van der Waals surface area contributed by atoms with Crippen LogP contribution in [0.4, 0.5) is 0 Å². The molecular weight excluding hydrogens is 212 g/mol. The van der Waals surface area contributed by atoms with Gasteiger partial charge in [-0.25, -0.2) is 0 Å². The van der Waals surface area contributed by atoms with Gasteiger partial charge in [-0.1, -0.05) is 19.8 Å². The zero-order valence-corrected chi connectivity index (χ0v) is 11.2. The summed E-state index contributed by atoms with van der Waals surface area (Å²) in [7, 11) is 1.92. The topological polar surface area (TPSA) is 46.3 Å². The molecule has 3 heteroatoms. The van der Waals surface area contributed by atoms with Gasteiger partial charge in [0.15, 0.2) is 0 Å². The van der Waals surface area contributed by atoms with Crippen molar-refractivity contribution in [2.45, 2.75) is 51.5 Å². The normalized spacial score (nSPS) is 32.8.